The highest BCUT2D eigenvalue weighted by Gasteiger charge is 2.35. The van der Waals surface area contributed by atoms with Crippen LogP contribution in [-0.4, -0.2) is 15.0 Å². The Labute approximate surface area is 498 Å². The lowest BCUT2D eigenvalue weighted by molar-refractivity contribution is 1.07. The number of anilines is 12. The largest absolute Gasteiger partial charge is 0.306 e. The Morgan fingerprint density at radius 2 is 0.512 bits per heavy atom. The van der Waals surface area contributed by atoms with Crippen LogP contribution in [0.1, 0.15) is 11.1 Å². The van der Waals surface area contributed by atoms with E-state index in [1.807, 2.05) is 72.8 Å². The number of nitriles is 2. The highest BCUT2D eigenvalue weighted by atomic mass is 15.3. The molecule has 9 nitrogen and oxygen atoms in total. The minimum Gasteiger partial charge on any atom is -0.306 e. The highest BCUT2D eigenvalue weighted by Crippen LogP contribution is 2.58. The smallest absolute Gasteiger partial charge is 0.166 e. The zero-order chi connectivity index (χ0) is 57.5. The van der Waals surface area contributed by atoms with E-state index in [2.05, 4.69) is 256 Å². The molecule has 2 aliphatic heterocycles. The lowest BCUT2D eigenvalue weighted by atomic mass is 9.97. The van der Waals surface area contributed by atoms with E-state index in [-0.39, 0.29) is 0 Å². The molecule has 0 N–H and O–H groups in total. The highest BCUT2D eigenvalue weighted by molar-refractivity contribution is 6.06. The van der Waals surface area contributed by atoms with Crippen molar-refractivity contribution < 1.29 is 0 Å². The van der Waals surface area contributed by atoms with Gasteiger partial charge in [0.05, 0.1) is 80.1 Å². The average Bonchev–Trinajstić information content (AvgIpc) is 1.07. The normalized spacial score (nSPS) is 12.1. The zero-order valence-corrected chi connectivity index (χ0v) is 46.3. The molecule has 0 atom stereocenters. The number of benzene rings is 12. The summed E-state index contributed by atoms with van der Waals surface area (Å²) in [4.78, 5) is 26.1. The maximum atomic E-state index is 10.2. The van der Waals surface area contributed by atoms with E-state index in [1.165, 1.54) is 0 Å². The average molecular weight is 1100 g/mol. The van der Waals surface area contributed by atoms with Crippen LogP contribution < -0.4 is 19.6 Å². The van der Waals surface area contributed by atoms with Crippen LogP contribution in [0.4, 0.5) is 68.2 Å². The summed E-state index contributed by atoms with van der Waals surface area (Å²) in [5.41, 5.74) is 21.0. The van der Waals surface area contributed by atoms with Crippen LogP contribution >= 0.6 is 0 Å². The Bertz CT molecular complexity index is 4730. The molecule has 0 amide bonds. The molecule has 1 aromatic heterocycles. The van der Waals surface area contributed by atoms with Gasteiger partial charge in [-0.15, -0.1) is 0 Å². The van der Waals surface area contributed by atoms with Crippen molar-refractivity contribution in [2.75, 3.05) is 19.6 Å². The van der Waals surface area contributed by atoms with Crippen LogP contribution in [0.3, 0.4) is 0 Å². The predicted molar refractivity (Wildman–Crippen MR) is 348 cm³/mol. The molecule has 0 unspecified atom stereocenters. The van der Waals surface area contributed by atoms with Gasteiger partial charge >= 0.3 is 0 Å². The molecule has 12 aromatic carbocycles. The van der Waals surface area contributed by atoms with E-state index in [0.29, 0.717) is 28.6 Å². The summed E-state index contributed by atoms with van der Waals surface area (Å²) in [6.45, 7) is 0. The molecule has 2 aliphatic rings. The molecule has 15 rings (SSSR count). The van der Waals surface area contributed by atoms with Crippen molar-refractivity contribution in [2.24, 2.45) is 0 Å². The van der Waals surface area contributed by atoms with E-state index in [1.54, 1.807) is 0 Å². The van der Waals surface area contributed by atoms with Gasteiger partial charge in [0.15, 0.2) is 17.5 Å². The minimum absolute atomic E-state index is 0.455. The summed E-state index contributed by atoms with van der Waals surface area (Å²) in [7, 11) is 0. The van der Waals surface area contributed by atoms with Crippen molar-refractivity contribution in [3.8, 4) is 79.7 Å². The van der Waals surface area contributed by atoms with E-state index >= 15 is 0 Å². The van der Waals surface area contributed by atoms with Crippen molar-refractivity contribution in [3.63, 3.8) is 0 Å². The summed E-state index contributed by atoms with van der Waals surface area (Å²) < 4.78 is 0. The van der Waals surface area contributed by atoms with Gasteiger partial charge in [0, 0.05) is 28.1 Å². The van der Waals surface area contributed by atoms with Crippen LogP contribution in [0.15, 0.2) is 297 Å². The van der Waals surface area contributed by atoms with Crippen LogP contribution in [0.5, 0.6) is 0 Å². The molecule has 0 fully saturated rings. The third-order valence-corrected chi connectivity index (χ3v) is 16.0. The number of rotatable bonds is 10. The molecule has 0 aliphatic carbocycles. The Morgan fingerprint density at radius 3 is 0.919 bits per heavy atom. The minimum atomic E-state index is 0.455. The van der Waals surface area contributed by atoms with Crippen molar-refractivity contribution in [1.29, 1.82) is 10.5 Å². The molecule has 0 bridgehead atoms. The molecular weight excluding hydrogens is 1050 g/mol. The van der Waals surface area contributed by atoms with Crippen LogP contribution in [0.25, 0.3) is 67.5 Å². The second kappa shape index (κ2) is 21.6. The first-order valence-corrected chi connectivity index (χ1v) is 28.5. The van der Waals surface area contributed by atoms with Crippen LogP contribution in [0.2, 0.25) is 0 Å². The third kappa shape index (κ3) is 9.02. The van der Waals surface area contributed by atoms with E-state index in [4.69, 9.17) is 15.0 Å². The van der Waals surface area contributed by atoms with Crippen molar-refractivity contribution >= 4 is 68.2 Å². The Morgan fingerprint density at radius 1 is 0.221 bits per heavy atom. The molecule has 402 valence electrons. The van der Waals surface area contributed by atoms with Gasteiger partial charge in [0.1, 0.15) is 0 Å². The number of fused-ring (bicyclic) bond motifs is 4. The molecule has 0 saturated heterocycles. The number of nitrogens with zero attached hydrogens (tertiary/aromatic N) is 9. The summed E-state index contributed by atoms with van der Waals surface area (Å²) in [5, 5.41) is 20.0. The third-order valence-electron chi connectivity index (χ3n) is 16.0. The number of hydrogen-bond acceptors (Lipinski definition) is 9. The molecule has 0 radical (unpaired) electrons. The van der Waals surface area contributed by atoms with Crippen molar-refractivity contribution in [1.82, 2.24) is 15.0 Å². The van der Waals surface area contributed by atoms with Crippen LogP contribution in [0, 0.1) is 22.7 Å². The topological polar surface area (TPSA) is 99.2 Å². The van der Waals surface area contributed by atoms with Gasteiger partial charge in [-0.2, -0.15) is 10.5 Å². The quantitative estimate of drug-likeness (QED) is 0.133. The molecule has 86 heavy (non-hydrogen) atoms. The lowest BCUT2D eigenvalue weighted by Crippen LogP contribution is -2.24. The first-order valence-electron chi connectivity index (χ1n) is 28.5. The van der Waals surface area contributed by atoms with Gasteiger partial charge in [-0.1, -0.05) is 176 Å². The number of aromatic nitrogens is 3. The SMILES string of the molecule is N#Cc1cccc(-c2ccc(-c3nc(-c4ccc(-c5ccccc5)cc4N4c5ccccc5N(c5ccccc5)c5ccccc54)nc(-c4ccc(-c5cccc(C#N)c5)cc4N4c5ccccc5N(c5ccccc5)c5ccccc54)n3)cc2)c1. The summed E-state index contributed by atoms with van der Waals surface area (Å²) >= 11 is 0. The van der Waals surface area contributed by atoms with Gasteiger partial charge in [-0.05, 0) is 155 Å². The standard InChI is InChI=1S/C77H49N9/c78-50-52-20-18-24-57(46-52)55-38-40-56(41-39-55)75-80-76(63-44-42-59(54-22-4-1-5-23-54)48-73(63)85-69-34-14-10-30-65(69)83(61-26-6-2-7-27-61)66-31-11-15-35-70(66)85)82-77(81-75)64-45-43-60(58-25-19-21-53(47-58)51-79)49-74(64)86-71-36-16-12-32-67(71)84(62-28-8-3-9-29-62)68-33-13-17-37-72(68)86/h1-49H. The molecule has 13 aromatic rings. The van der Waals surface area contributed by atoms with Gasteiger partial charge in [0.25, 0.3) is 0 Å². The molecule has 3 heterocycles. The monoisotopic (exact) mass is 1100 g/mol. The van der Waals surface area contributed by atoms with Gasteiger partial charge in [-0.25, -0.2) is 15.0 Å². The summed E-state index contributed by atoms with van der Waals surface area (Å²) in [6.07, 6.45) is 0. The molecule has 0 spiro atoms. The van der Waals surface area contributed by atoms with Gasteiger partial charge in [0.2, 0.25) is 0 Å². The second-order valence-corrected chi connectivity index (χ2v) is 21.1. The van der Waals surface area contributed by atoms with E-state index in [9.17, 15) is 10.5 Å². The lowest BCUT2D eigenvalue weighted by Gasteiger charge is -2.41. The molecular formula is C77H49N9. The fourth-order valence-corrected chi connectivity index (χ4v) is 12.0. The van der Waals surface area contributed by atoms with Gasteiger partial charge in [-0.3, -0.25) is 0 Å². The molecule has 0 saturated carbocycles. The first-order chi connectivity index (χ1) is 42.6. The van der Waals surface area contributed by atoms with Crippen molar-refractivity contribution in [3.05, 3.63) is 308 Å². The van der Waals surface area contributed by atoms with E-state index < -0.39 is 0 Å². The molecule has 9 heteroatoms. The van der Waals surface area contributed by atoms with E-state index in [0.717, 1.165) is 118 Å². The fraction of sp³-hybridized carbons (Fsp3) is 0. The predicted octanol–water partition coefficient (Wildman–Crippen LogP) is 20.1. The second-order valence-electron chi connectivity index (χ2n) is 21.1. The summed E-state index contributed by atoms with van der Waals surface area (Å²) in [5.74, 6) is 1.40. The Kier molecular flexibility index (Phi) is 12.8. The first kappa shape index (κ1) is 50.8. The van der Waals surface area contributed by atoms with Gasteiger partial charge < -0.3 is 19.6 Å². The summed E-state index contributed by atoms with van der Waals surface area (Å²) in [6, 6.07) is 107. The Balaban J connectivity index is 0.996. The maximum Gasteiger partial charge on any atom is 0.166 e. The van der Waals surface area contributed by atoms with Crippen LogP contribution in [-0.2, 0) is 0 Å². The zero-order valence-electron chi connectivity index (χ0n) is 46.3. The fourth-order valence-electron chi connectivity index (χ4n) is 12.0. The van der Waals surface area contributed by atoms with Crippen molar-refractivity contribution in [2.45, 2.75) is 0 Å². The Hall–Kier alpha value is -12.2. The number of hydrogen-bond donors (Lipinski definition) is 0. The number of para-hydroxylation sites is 10. The maximum absolute atomic E-state index is 10.2.